The molecule has 2 aromatic carbocycles. The predicted octanol–water partition coefficient (Wildman–Crippen LogP) is 9.95. The Morgan fingerprint density at radius 2 is 1.67 bits per heavy atom. The molecule has 0 radical (unpaired) electrons. The van der Waals surface area contributed by atoms with Crippen LogP contribution in [0.1, 0.15) is 92.6 Å². The number of unbranched alkanes of at least 4 members (excludes halogenated alkanes) is 2. The molecule has 0 heterocycles. The van der Waals surface area contributed by atoms with Gasteiger partial charge in [0, 0.05) is 13.2 Å². The molecule has 0 aliphatic heterocycles. The molecular formula is C34H57ClNO7PS. The SMILES string of the molecule is CCCCCOCC(C)CC.COCOc1ccc(C(C)C)cc1Sc1ccc(P(N)(OC)(OC)C(=O)OC(C)(C)C)c(Cl)c1. The van der Waals surface area contributed by atoms with Gasteiger partial charge in [-0.25, -0.2) is 0 Å². The first-order valence-corrected chi connectivity index (χ1v) is 18.9. The molecule has 2 rings (SSSR count). The Labute approximate surface area is 281 Å². The van der Waals surface area contributed by atoms with Crippen molar-refractivity contribution in [1.29, 1.82) is 0 Å². The third kappa shape index (κ3) is 12.6. The number of nitrogens with two attached hydrogens (primary N) is 1. The second-order valence-electron chi connectivity index (χ2n) is 12.3. The van der Waals surface area contributed by atoms with E-state index in [1.54, 1.807) is 40.0 Å². The van der Waals surface area contributed by atoms with Gasteiger partial charge >= 0.3 is 212 Å². The number of methoxy groups -OCH3 is 1. The van der Waals surface area contributed by atoms with Crippen LogP contribution in [0.15, 0.2) is 46.2 Å². The molecule has 0 bridgehead atoms. The zero-order valence-corrected chi connectivity index (χ0v) is 31.7. The maximum atomic E-state index is 13.2. The first-order valence-electron chi connectivity index (χ1n) is 15.6. The van der Waals surface area contributed by atoms with E-state index in [0.717, 1.165) is 28.9 Å². The molecule has 0 saturated carbocycles. The molecule has 2 N–H and O–H groups in total. The fourth-order valence-electron chi connectivity index (χ4n) is 3.95. The Kier molecular flexibility index (Phi) is 17.9. The third-order valence-corrected chi connectivity index (χ3v) is 12.0. The standard InChI is InChI=1S/C24H35ClNO6PS.C10H22O/c1-16(2)17-9-11-20(31-15-28-6)22(13-17)34-18-10-12-21(19(25)14-18)33(26,29-7,30-8)23(27)32-24(3,4)5;1-4-6-7-8-11-9-10(3)5-2/h9-14,16H,15,26H2,1-8H3;10H,4-9H2,1-3H3. The Hall–Kier alpha value is -1.42. The van der Waals surface area contributed by atoms with Crippen LogP contribution < -0.4 is 15.5 Å². The molecule has 0 aliphatic rings. The quantitative estimate of drug-likeness (QED) is 0.0988. The molecule has 1 unspecified atom stereocenters. The summed E-state index contributed by atoms with van der Waals surface area (Å²) in [6.07, 6.45) is 5.05. The van der Waals surface area contributed by atoms with Crippen molar-refractivity contribution in [2.45, 2.75) is 102 Å². The molecule has 1 atom stereocenters. The fourth-order valence-corrected chi connectivity index (χ4v) is 7.98. The Balaban J connectivity index is 0.000000782. The minimum atomic E-state index is -4.59. The Bertz CT molecular complexity index is 1190. The van der Waals surface area contributed by atoms with Gasteiger partial charge in [0.05, 0.1) is 0 Å². The molecule has 0 aliphatic carbocycles. The van der Waals surface area contributed by atoms with Gasteiger partial charge in [-0.1, -0.05) is 40.0 Å². The van der Waals surface area contributed by atoms with Crippen molar-refractivity contribution in [2.24, 2.45) is 11.4 Å². The van der Waals surface area contributed by atoms with Crippen LogP contribution >= 0.6 is 30.6 Å². The van der Waals surface area contributed by atoms with Crippen molar-refractivity contribution in [3.05, 3.63) is 47.0 Å². The van der Waals surface area contributed by atoms with Crippen molar-refractivity contribution in [1.82, 2.24) is 0 Å². The van der Waals surface area contributed by atoms with Crippen molar-refractivity contribution in [2.75, 3.05) is 41.3 Å². The molecule has 0 aromatic heterocycles. The summed E-state index contributed by atoms with van der Waals surface area (Å²) in [7, 11) is -0.377. The van der Waals surface area contributed by atoms with E-state index in [2.05, 4.69) is 40.7 Å². The molecule has 8 nitrogen and oxygen atoms in total. The zero-order valence-electron chi connectivity index (χ0n) is 29.2. The van der Waals surface area contributed by atoms with Crippen LogP contribution in [0.2, 0.25) is 5.02 Å². The molecule has 0 spiro atoms. The van der Waals surface area contributed by atoms with Crippen molar-refractivity contribution in [3.63, 3.8) is 0 Å². The average Bonchev–Trinajstić information content (AvgIpc) is 2.99. The number of halogens is 1. The van der Waals surface area contributed by atoms with Gasteiger partial charge in [0.15, 0.2) is 0 Å². The van der Waals surface area contributed by atoms with Crippen LogP contribution in [0.5, 0.6) is 5.75 Å². The molecule has 45 heavy (non-hydrogen) atoms. The number of hydrogen-bond acceptors (Lipinski definition) is 9. The van der Waals surface area contributed by atoms with Crippen molar-refractivity contribution >= 4 is 41.6 Å². The summed E-state index contributed by atoms with van der Waals surface area (Å²) in [5.41, 5.74) is 6.21. The van der Waals surface area contributed by atoms with E-state index in [4.69, 9.17) is 45.1 Å². The van der Waals surface area contributed by atoms with E-state index in [0.29, 0.717) is 11.7 Å². The van der Waals surface area contributed by atoms with E-state index in [-0.39, 0.29) is 17.1 Å². The summed E-state index contributed by atoms with van der Waals surface area (Å²) in [4.78, 5) is 14.9. The maximum absolute atomic E-state index is 13.2. The summed E-state index contributed by atoms with van der Waals surface area (Å²) < 4.78 is 33.1. The third-order valence-electron chi connectivity index (χ3n) is 7.03. The zero-order chi connectivity index (χ0) is 34.3. The van der Waals surface area contributed by atoms with Crippen LogP contribution in [0, 0.1) is 5.92 Å². The van der Waals surface area contributed by atoms with Crippen LogP contribution in [-0.2, 0) is 23.3 Å². The number of benzene rings is 2. The van der Waals surface area contributed by atoms with Crippen LogP contribution in [0.3, 0.4) is 0 Å². The molecule has 0 fully saturated rings. The second kappa shape index (κ2) is 19.4. The summed E-state index contributed by atoms with van der Waals surface area (Å²) in [5.74, 6) is 1.77. The minimum absolute atomic E-state index is 0.133. The van der Waals surface area contributed by atoms with Gasteiger partial charge < -0.3 is 4.74 Å². The molecule has 0 saturated heterocycles. The number of ether oxygens (including phenoxy) is 4. The van der Waals surface area contributed by atoms with Gasteiger partial charge in [0.25, 0.3) is 0 Å². The van der Waals surface area contributed by atoms with Crippen LogP contribution in [0.25, 0.3) is 0 Å². The normalized spacial score (nSPS) is 13.4. The monoisotopic (exact) mass is 689 g/mol. The fraction of sp³-hybridized carbons (Fsp3) is 0.618. The van der Waals surface area contributed by atoms with E-state index < -0.39 is 18.5 Å². The molecule has 258 valence electrons. The van der Waals surface area contributed by atoms with E-state index >= 15 is 0 Å². The second-order valence-corrected chi connectivity index (χ2v) is 17.4. The summed E-state index contributed by atoms with van der Waals surface area (Å²) >= 11 is 8.14. The summed E-state index contributed by atoms with van der Waals surface area (Å²) in [5, 5.41) is 0.488. The molecule has 2 aromatic rings. The van der Waals surface area contributed by atoms with Gasteiger partial charge in [-0.3, -0.25) is 0 Å². The first kappa shape index (κ1) is 41.6. The number of hydrogen-bond donors (Lipinski definition) is 1. The van der Waals surface area contributed by atoms with Gasteiger partial charge in [-0.05, 0) is 12.3 Å². The summed E-state index contributed by atoms with van der Waals surface area (Å²) in [6.45, 7) is 18.2. The Morgan fingerprint density at radius 3 is 2.18 bits per heavy atom. The van der Waals surface area contributed by atoms with Gasteiger partial charge in [-0.2, -0.15) is 0 Å². The molecular weight excluding hydrogens is 633 g/mol. The molecule has 11 heteroatoms. The van der Waals surface area contributed by atoms with Crippen molar-refractivity contribution in [3.8, 4) is 5.75 Å². The summed E-state index contributed by atoms with van der Waals surface area (Å²) in [6, 6.07) is 11.2. The topological polar surface area (TPSA) is 98.5 Å². The average molecular weight is 690 g/mol. The first-order chi connectivity index (χ1) is 21.1. The number of rotatable bonds is 17. The van der Waals surface area contributed by atoms with E-state index in [1.165, 1.54) is 57.2 Å². The van der Waals surface area contributed by atoms with Gasteiger partial charge in [0.1, 0.15) is 0 Å². The molecule has 0 amide bonds. The van der Waals surface area contributed by atoms with Crippen LogP contribution in [0.4, 0.5) is 4.79 Å². The van der Waals surface area contributed by atoms with E-state index in [1.807, 2.05) is 18.2 Å². The Morgan fingerprint density at radius 1 is 1.00 bits per heavy atom. The van der Waals surface area contributed by atoms with Gasteiger partial charge in [0.2, 0.25) is 0 Å². The van der Waals surface area contributed by atoms with Gasteiger partial charge in [-0.15, -0.1) is 0 Å². The predicted molar refractivity (Wildman–Crippen MR) is 189 cm³/mol. The van der Waals surface area contributed by atoms with E-state index in [9.17, 15) is 4.79 Å². The number of carbonyl (C=O) groups is 1. The number of carbonyl (C=O) groups excluding carboxylic acids is 1. The van der Waals surface area contributed by atoms with Crippen LogP contribution in [-0.4, -0.2) is 52.6 Å². The van der Waals surface area contributed by atoms with Crippen molar-refractivity contribution < 1.29 is 32.8 Å².